The summed E-state index contributed by atoms with van der Waals surface area (Å²) in [4.78, 5) is 14.9. The second-order valence-corrected chi connectivity index (χ2v) is 2.97. The van der Waals surface area contributed by atoms with E-state index >= 15 is 0 Å². The Labute approximate surface area is 85.9 Å². The van der Waals surface area contributed by atoms with E-state index in [1.165, 1.54) is 13.2 Å². The van der Waals surface area contributed by atoms with Crippen molar-refractivity contribution < 1.29 is 13.9 Å². The molecule has 0 aromatic carbocycles. The molecule has 0 aliphatic rings. The van der Waals surface area contributed by atoms with E-state index in [9.17, 15) is 9.18 Å². The molecule has 0 spiro atoms. The first-order chi connectivity index (χ1) is 6.60. The molecule has 5 heteroatoms. The normalized spacial score (nSPS) is 10.0. The zero-order valence-electron chi connectivity index (χ0n) is 7.80. The van der Waals surface area contributed by atoms with Crippen molar-refractivity contribution in [2.45, 2.75) is 13.3 Å². The quantitative estimate of drug-likeness (QED) is 0.563. The zero-order chi connectivity index (χ0) is 10.7. The minimum absolute atomic E-state index is 0.177. The SMILES string of the molecule is CCc1cc(C(=O)OC)c(F)c(Cl)n1. The van der Waals surface area contributed by atoms with E-state index < -0.39 is 11.8 Å². The number of aryl methyl sites for hydroxylation is 1. The van der Waals surface area contributed by atoms with Crippen LogP contribution in [0.1, 0.15) is 23.0 Å². The molecule has 0 unspecified atom stereocenters. The van der Waals surface area contributed by atoms with Gasteiger partial charge in [0.15, 0.2) is 11.0 Å². The van der Waals surface area contributed by atoms with Gasteiger partial charge in [-0.25, -0.2) is 14.2 Å². The maximum Gasteiger partial charge on any atom is 0.341 e. The fourth-order valence-corrected chi connectivity index (χ4v) is 1.20. The van der Waals surface area contributed by atoms with Crippen molar-refractivity contribution in [1.82, 2.24) is 4.98 Å². The highest BCUT2D eigenvalue weighted by Crippen LogP contribution is 2.18. The Morgan fingerprint density at radius 3 is 2.86 bits per heavy atom. The van der Waals surface area contributed by atoms with E-state index in [2.05, 4.69) is 9.72 Å². The predicted molar refractivity (Wildman–Crippen MR) is 49.9 cm³/mol. The van der Waals surface area contributed by atoms with Crippen LogP contribution in [0, 0.1) is 5.82 Å². The van der Waals surface area contributed by atoms with E-state index in [0.29, 0.717) is 12.1 Å². The van der Waals surface area contributed by atoms with E-state index in [0.717, 1.165) is 0 Å². The van der Waals surface area contributed by atoms with Gasteiger partial charge in [-0.05, 0) is 12.5 Å². The molecule has 1 rings (SSSR count). The molecule has 14 heavy (non-hydrogen) atoms. The number of pyridine rings is 1. The number of hydrogen-bond donors (Lipinski definition) is 0. The van der Waals surface area contributed by atoms with Gasteiger partial charge in [0.05, 0.1) is 7.11 Å². The lowest BCUT2D eigenvalue weighted by Crippen LogP contribution is -2.07. The summed E-state index contributed by atoms with van der Waals surface area (Å²) in [5.74, 6) is -1.59. The van der Waals surface area contributed by atoms with Gasteiger partial charge >= 0.3 is 5.97 Å². The van der Waals surface area contributed by atoms with Crippen LogP contribution in [0.3, 0.4) is 0 Å². The molecule has 1 aromatic heterocycles. The maximum absolute atomic E-state index is 13.3. The third-order valence-electron chi connectivity index (χ3n) is 1.74. The molecule has 0 fully saturated rings. The summed E-state index contributed by atoms with van der Waals surface area (Å²) in [5.41, 5.74) is 0.376. The van der Waals surface area contributed by atoms with Gasteiger partial charge in [-0.3, -0.25) is 0 Å². The fourth-order valence-electron chi connectivity index (χ4n) is 0.988. The molecule has 0 aliphatic heterocycles. The summed E-state index contributed by atoms with van der Waals surface area (Å²) in [5, 5.41) is -0.301. The van der Waals surface area contributed by atoms with Crippen molar-refractivity contribution in [2.24, 2.45) is 0 Å². The summed E-state index contributed by atoms with van der Waals surface area (Å²) in [7, 11) is 1.18. The summed E-state index contributed by atoms with van der Waals surface area (Å²) in [6.45, 7) is 1.83. The lowest BCUT2D eigenvalue weighted by Gasteiger charge is -2.04. The van der Waals surface area contributed by atoms with Crippen LogP contribution in [0.25, 0.3) is 0 Å². The van der Waals surface area contributed by atoms with E-state index in [4.69, 9.17) is 11.6 Å². The minimum atomic E-state index is -0.837. The first-order valence-electron chi connectivity index (χ1n) is 4.03. The van der Waals surface area contributed by atoms with Gasteiger partial charge in [0, 0.05) is 5.69 Å². The minimum Gasteiger partial charge on any atom is -0.465 e. The number of carbonyl (C=O) groups is 1. The number of esters is 1. The Kier molecular flexibility index (Phi) is 3.41. The number of nitrogens with zero attached hydrogens (tertiary/aromatic N) is 1. The summed E-state index contributed by atoms with van der Waals surface area (Å²) in [6, 6.07) is 1.34. The molecular formula is C9H9ClFNO2. The van der Waals surface area contributed by atoms with Crippen molar-refractivity contribution in [1.29, 1.82) is 0 Å². The van der Waals surface area contributed by atoms with Gasteiger partial charge in [-0.1, -0.05) is 18.5 Å². The predicted octanol–water partition coefficient (Wildman–Crippen LogP) is 2.22. The number of halogens is 2. The van der Waals surface area contributed by atoms with Gasteiger partial charge in [0.25, 0.3) is 0 Å². The van der Waals surface area contributed by atoms with Crippen molar-refractivity contribution in [3.05, 3.63) is 28.3 Å². The maximum atomic E-state index is 13.3. The highest BCUT2D eigenvalue weighted by Gasteiger charge is 2.17. The van der Waals surface area contributed by atoms with Crippen molar-refractivity contribution in [3.8, 4) is 0 Å². The molecule has 1 aromatic rings. The second-order valence-electron chi connectivity index (χ2n) is 2.61. The first-order valence-corrected chi connectivity index (χ1v) is 4.41. The standard InChI is InChI=1S/C9H9ClFNO2/c1-3-5-4-6(9(13)14-2)7(11)8(10)12-5/h4H,3H2,1-2H3. The molecule has 0 saturated carbocycles. The van der Waals surface area contributed by atoms with Crippen LogP contribution >= 0.6 is 11.6 Å². The molecule has 0 aliphatic carbocycles. The average molecular weight is 218 g/mol. The third kappa shape index (κ3) is 2.01. The summed E-state index contributed by atoms with van der Waals surface area (Å²) < 4.78 is 17.7. The molecule has 0 bridgehead atoms. The van der Waals surface area contributed by atoms with Crippen LogP contribution < -0.4 is 0 Å². The van der Waals surface area contributed by atoms with Crippen LogP contribution in [0.15, 0.2) is 6.07 Å². The first kappa shape index (κ1) is 10.9. The smallest absolute Gasteiger partial charge is 0.341 e. The van der Waals surface area contributed by atoms with Gasteiger partial charge in [-0.2, -0.15) is 0 Å². The fraction of sp³-hybridized carbons (Fsp3) is 0.333. The average Bonchev–Trinajstić information content (AvgIpc) is 2.20. The van der Waals surface area contributed by atoms with Crippen LogP contribution in [-0.2, 0) is 11.2 Å². The van der Waals surface area contributed by atoms with Crippen molar-refractivity contribution in [3.63, 3.8) is 0 Å². The van der Waals surface area contributed by atoms with E-state index in [-0.39, 0.29) is 10.7 Å². The summed E-state index contributed by atoms with van der Waals surface area (Å²) in [6.07, 6.45) is 0.573. The van der Waals surface area contributed by atoms with Crippen LogP contribution in [0.2, 0.25) is 5.15 Å². The molecule has 76 valence electrons. The van der Waals surface area contributed by atoms with Crippen molar-refractivity contribution in [2.75, 3.05) is 7.11 Å². The Bertz CT molecular complexity index is 368. The van der Waals surface area contributed by atoms with Crippen LogP contribution in [0.5, 0.6) is 0 Å². The number of aromatic nitrogens is 1. The topological polar surface area (TPSA) is 39.2 Å². The molecule has 0 radical (unpaired) electrons. The van der Waals surface area contributed by atoms with E-state index in [1.54, 1.807) is 0 Å². The van der Waals surface area contributed by atoms with Crippen molar-refractivity contribution >= 4 is 17.6 Å². The Morgan fingerprint density at radius 1 is 1.71 bits per heavy atom. The number of methoxy groups -OCH3 is 1. The van der Waals surface area contributed by atoms with E-state index in [1.807, 2.05) is 6.92 Å². The Balaban J connectivity index is 3.27. The van der Waals surface area contributed by atoms with Gasteiger partial charge in [-0.15, -0.1) is 0 Å². The highest BCUT2D eigenvalue weighted by atomic mass is 35.5. The lowest BCUT2D eigenvalue weighted by molar-refractivity contribution is 0.0595. The lowest BCUT2D eigenvalue weighted by atomic mass is 10.2. The number of hydrogen-bond acceptors (Lipinski definition) is 3. The molecule has 0 saturated heterocycles. The van der Waals surface area contributed by atoms with Gasteiger partial charge < -0.3 is 4.74 Å². The number of rotatable bonds is 2. The molecule has 0 atom stereocenters. The number of ether oxygens (including phenoxy) is 1. The third-order valence-corrected chi connectivity index (χ3v) is 1.99. The zero-order valence-corrected chi connectivity index (χ0v) is 8.56. The Hall–Kier alpha value is -1.16. The Morgan fingerprint density at radius 2 is 2.36 bits per heavy atom. The molecule has 0 N–H and O–H groups in total. The van der Waals surface area contributed by atoms with Gasteiger partial charge in [0.1, 0.15) is 5.56 Å². The van der Waals surface area contributed by atoms with Crippen LogP contribution in [0.4, 0.5) is 4.39 Å². The molecule has 3 nitrogen and oxygen atoms in total. The molecule has 0 amide bonds. The number of carbonyl (C=O) groups excluding carboxylic acids is 1. The highest BCUT2D eigenvalue weighted by molar-refractivity contribution is 6.29. The summed E-state index contributed by atoms with van der Waals surface area (Å²) >= 11 is 5.50. The molecule has 1 heterocycles. The largest absolute Gasteiger partial charge is 0.465 e. The monoisotopic (exact) mass is 217 g/mol. The van der Waals surface area contributed by atoms with Gasteiger partial charge in [0.2, 0.25) is 0 Å². The molecular weight excluding hydrogens is 209 g/mol. The second kappa shape index (κ2) is 4.37. The van der Waals surface area contributed by atoms with Crippen LogP contribution in [-0.4, -0.2) is 18.1 Å².